The number of benzene rings is 4. The van der Waals surface area contributed by atoms with Crippen LogP contribution in [0.4, 0.5) is 15.8 Å². The Morgan fingerprint density at radius 1 is 0.688 bits per heavy atom. The molecule has 32 heavy (non-hydrogen) atoms. The summed E-state index contributed by atoms with van der Waals surface area (Å²) in [4.78, 5) is 26.9. The first-order valence-corrected chi connectivity index (χ1v) is 11.1. The van der Waals surface area contributed by atoms with Crippen LogP contribution in [0.25, 0.3) is 10.8 Å². The van der Waals surface area contributed by atoms with Crippen molar-refractivity contribution >= 4 is 44.0 Å². The van der Waals surface area contributed by atoms with Crippen LogP contribution in [-0.4, -0.2) is 20.2 Å². The fraction of sp³-hybridized carbons (Fsp3) is 0. The number of imide groups is 1. The van der Waals surface area contributed by atoms with E-state index in [4.69, 9.17) is 0 Å². The first-order valence-electron chi connectivity index (χ1n) is 9.65. The zero-order chi connectivity index (χ0) is 22.5. The van der Waals surface area contributed by atoms with Gasteiger partial charge in [-0.25, -0.2) is 17.7 Å². The van der Waals surface area contributed by atoms with Gasteiger partial charge in [0, 0.05) is 16.5 Å². The molecule has 0 spiro atoms. The Morgan fingerprint density at radius 2 is 1.25 bits per heavy atom. The molecular formula is C24H15FN2O4S. The van der Waals surface area contributed by atoms with E-state index in [1.165, 1.54) is 24.3 Å². The molecule has 4 aromatic carbocycles. The smallest absolute Gasteiger partial charge is 0.266 e. The molecule has 0 bridgehead atoms. The first-order chi connectivity index (χ1) is 15.4. The molecule has 158 valence electrons. The molecule has 0 atom stereocenters. The summed E-state index contributed by atoms with van der Waals surface area (Å²) in [5, 5.41) is 0.778. The largest absolute Gasteiger partial charge is 0.280 e. The van der Waals surface area contributed by atoms with E-state index in [1.54, 1.807) is 48.5 Å². The van der Waals surface area contributed by atoms with Gasteiger partial charge < -0.3 is 0 Å². The van der Waals surface area contributed by atoms with E-state index in [0.29, 0.717) is 27.6 Å². The summed E-state index contributed by atoms with van der Waals surface area (Å²) in [6, 6.07) is 20.9. The number of sulfonamides is 1. The molecule has 4 aromatic rings. The molecule has 0 fully saturated rings. The second-order valence-corrected chi connectivity index (χ2v) is 8.88. The molecule has 0 saturated heterocycles. The third-order valence-electron chi connectivity index (χ3n) is 5.28. The van der Waals surface area contributed by atoms with Crippen molar-refractivity contribution < 1.29 is 22.4 Å². The maximum Gasteiger partial charge on any atom is 0.266 e. The molecule has 0 aliphatic carbocycles. The average molecular weight is 446 g/mol. The highest BCUT2D eigenvalue weighted by Crippen LogP contribution is 2.36. The Kier molecular flexibility index (Phi) is 4.53. The lowest BCUT2D eigenvalue weighted by molar-refractivity contribution is 0.0926. The van der Waals surface area contributed by atoms with Crippen LogP contribution >= 0.6 is 0 Å². The van der Waals surface area contributed by atoms with E-state index in [0.717, 1.165) is 17.0 Å². The predicted molar refractivity (Wildman–Crippen MR) is 119 cm³/mol. The van der Waals surface area contributed by atoms with Gasteiger partial charge in [-0.05, 0) is 48.5 Å². The highest BCUT2D eigenvalue weighted by molar-refractivity contribution is 7.93. The number of amides is 2. The summed E-state index contributed by atoms with van der Waals surface area (Å²) in [5.74, 6) is -1.41. The number of hydrogen-bond donors (Lipinski definition) is 1. The van der Waals surface area contributed by atoms with Gasteiger partial charge in [0.25, 0.3) is 21.8 Å². The van der Waals surface area contributed by atoms with Gasteiger partial charge in [0.15, 0.2) is 0 Å². The topological polar surface area (TPSA) is 83.6 Å². The molecule has 2 amide bonds. The molecule has 6 nitrogen and oxygen atoms in total. The van der Waals surface area contributed by atoms with Crippen molar-refractivity contribution in [3.8, 4) is 0 Å². The fourth-order valence-corrected chi connectivity index (χ4v) is 5.09. The van der Waals surface area contributed by atoms with Gasteiger partial charge in [-0.15, -0.1) is 0 Å². The summed E-state index contributed by atoms with van der Waals surface area (Å²) in [6.07, 6.45) is 0. The number of carbonyl (C=O) groups excluding carboxylic acids is 2. The quantitative estimate of drug-likeness (QED) is 0.465. The van der Waals surface area contributed by atoms with E-state index in [1.807, 2.05) is 0 Å². The third-order valence-corrected chi connectivity index (χ3v) is 6.72. The van der Waals surface area contributed by atoms with Crippen molar-refractivity contribution in [2.24, 2.45) is 0 Å². The minimum atomic E-state index is -4.03. The molecule has 0 radical (unpaired) electrons. The molecule has 1 heterocycles. The highest BCUT2D eigenvalue weighted by atomic mass is 32.2. The van der Waals surface area contributed by atoms with Gasteiger partial charge >= 0.3 is 0 Å². The molecule has 0 saturated carbocycles. The van der Waals surface area contributed by atoms with E-state index in [2.05, 4.69) is 4.72 Å². The predicted octanol–water partition coefficient (Wildman–Crippen LogP) is 4.58. The van der Waals surface area contributed by atoms with Crippen molar-refractivity contribution in [1.82, 2.24) is 0 Å². The van der Waals surface area contributed by atoms with Crippen LogP contribution in [-0.2, 0) is 10.0 Å². The maximum atomic E-state index is 13.2. The van der Waals surface area contributed by atoms with Crippen LogP contribution in [0, 0.1) is 5.82 Å². The number of rotatable bonds is 4. The van der Waals surface area contributed by atoms with Crippen LogP contribution in [0.2, 0.25) is 0 Å². The van der Waals surface area contributed by atoms with E-state index in [-0.39, 0.29) is 10.6 Å². The number of nitrogens with zero attached hydrogens (tertiary/aromatic N) is 1. The Bertz CT molecular complexity index is 1480. The number of anilines is 2. The Morgan fingerprint density at radius 3 is 1.88 bits per heavy atom. The van der Waals surface area contributed by atoms with Gasteiger partial charge in [0.05, 0.1) is 21.7 Å². The number of halogens is 1. The van der Waals surface area contributed by atoms with Gasteiger partial charge in [0.1, 0.15) is 5.82 Å². The minimum absolute atomic E-state index is 0.0298. The number of hydrogen-bond acceptors (Lipinski definition) is 4. The molecular weight excluding hydrogens is 431 g/mol. The van der Waals surface area contributed by atoms with Crippen LogP contribution in [0.15, 0.2) is 89.8 Å². The summed E-state index contributed by atoms with van der Waals surface area (Å²) in [6.45, 7) is 0. The van der Waals surface area contributed by atoms with Crippen molar-refractivity contribution in [3.05, 3.63) is 102 Å². The Labute approximate surface area is 183 Å². The van der Waals surface area contributed by atoms with Gasteiger partial charge in [-0.2, -0.15) is 0 Å². The minimum Gasteiger partial charge on any atom is -0.280 e. The lowest BCUT2D eigenvalue weighted by Gasteiger charge is -2.18. The molecule has 0 unspecified atom stereocenters. The molecule has 1 aliphatic rings. The Balaban J connectivity index is 1.62. The van der Waals surface area contributed by atoms with Crippen LogP contribution in [0.1, 0.15) is 20.7 Å². The zero-order valence-electron chi connectivity index (χ0n) is 16.4. The zero-order valence-corrected chi connectivity index (χ0v) is 17.3. The standard InChI is InChI=1S/C24H15FN2O4S/c25-15-9-11-16(12-10-15)26-32(30,31)22-14-13-21(17-5-1-2-6-18(17)22)27-23(28)19-7-3-4-8-20(19)24(27)29/h1-14,26H. The second-order valence-electron chi connectivity index (χ2n) is 7.23. The summed E-state index contributed by atoms with van der Waals surface area (Å²) < 4.78 is 41.8. The Hall–Kier alpha value is -4.04. The number of carbonyl (C=O) groups is 2. The lowest BCUT2D eigenvalue weighted by Crippen LogP contribution is -2.29. The summed E-state index contributed by atoms with van der Waals surface area (Å²) in [7, 11) is -4.03. The van der Waals surface area contributed by atoms with E-state index >= 15 is 0 Å². The second kappa shape index (κ2) is 7.28. The fourth-order valence-electron chi connectivity index (χ4n) is 3.82. The lowest BCUT2D eigenvalue weighted by atomic mass is 10.1. The number of nitrogens with one attached hydrogen (secondary N) is 1. The van der Waals surface area contributed by atoms with Crippen LogP contribution in [0.3, 0.4) is 0 Å². The number of fused-ring (bicyclic) bond motifs is 2. The first kappa shape index (κ1) is 19.9. The monoisotopic (exact) mass is 446 g/mol. The molecule has 0 aromatic heterocycles. The van der Waals surface area contributed by atoms with Crippen LogP contribution < -0.4 is 9.62 Å². The molecule has 8 heteroatoms. The van der Waals surface area contributed by atoms with Crippen LogP contribution in [0.5, 0.6) is 0 Å². The van der Waals surface area contributed by atoms with Crippen molar-refractivity contribution in [2.75, 3.05) is 9.62 Å². The van der Waals surface area contributed by atoms with E-state index < -0.39 is 27.7 Å². The SMILES string of the molecule is O=C1c2ccccc2C(=O)N1c1ccc(S(=O)(=O)Nc2ccc(F)cc2)c2ccccc12. The van der Waals surface area contributed by atoms with Gasteiger partial charge in [-0.3, -0.25) is 14.3 Å². The van der Waals surface area contributed by atoms with E-state index in [9.17, 15) is 22.4 Å². The molecule has 5 rings (SSSR count). The summed E-state index contributed by atoms with van der Waals surface area (Å²) in [5.41, 5.74) is 1.11. The molecule has 1 aliphatic heterocycles. The summed E-state index contributed by atoms with van der Waals surface area (Å²) >= 11 is 0. The normalized spacial score (nSPS) is 13.5. The van der Waals surface area contributed by atoms with Crippen molar-refractivity contribution in [3.63, 3.8) is 0 Å². The maximum absolute atomic E-state index is 13.2. The van der Waals surface area contributed by atoms with Gasteiger partial charge in [-0.1, -0.05) is 36.4 Å². The van der Waals surface area contributed by atoms with Crippen molar-refractivity contribution in [2.45, 2.75) is 4.90 Å². The van der Waals surface area contributed by atoms with Crippen molar-refractivity contribution in [1.29, 1.82) is 0 Å². The van der Waals surface area contributed by atoms with Gasteiger partial charge in [0.2, 0.25) is 0 Å². The molecule has 1 N–H and O–H groups in total. The highest BCUT2D eigenvalue weighted by Gasteiger charge is 2.37. The third kappa shape index (κ3) is 3.12. The average Bonchev–Trinajstić information content (AvgIpc) is 3.05.